The number of alkyl halides is 2. The molecule has 0 unspecified atom stereocenters. The Bertz CT molecular complexity index is 428. The van der Waals surface area contributed by atoms with E-state index in [1.165, 1.54) is 32.1 Å². The van der Waals surface area contributed by atoms with Crippen molar-refractivity contribution in [3.05, 3.63) is 22.2 Å². The molecule has 1 N–H and O–H groups in total. The van der Waals surface area contributed by atoms with E-state index in [4.69, 9.17) is 23.2 Å². The van der Waals surface area contributed by atoms with E-state index >= 15 is 0 Å². The molecule has 0 radical (unpaired) electrons. The second-order valence-corrected chi connectivity index (χ2v) is 5.85. The summed E-state index contributed by atoms with van der Waals surface area (Å²) < 4.78 is 28.7. The Labute approximate surface area is 127 Å². The van der Waals surface area contributed by atoms with Crippen LogP contribution in [0.25, 0.3) is 0 Å². The molecule has 20 heavy (non-hydrogen) atoms. The largest absolute Gasteiger partial charge is 0.432 e. The highest BCUT2D eigenvalue weighted by molar-refractivity contribution is 6.37. The summed E-state index contributed by atoms with van der Waals surface area (Å²) in [7, 11) is 0. The first-order chi connectivity index (χ1) is 9.56. The van der Waals surface area contributed by atoms with Crippen molar-refractivity contribution >= 4 is 28.9 Å². The zero-order valence-corrected chi connectivity index (χ0v) is 12.5. The van der Waals surface area contributed by atoms with Crippen molar-refractivity contribution in [2.75, 3.05) is 11.9 Å². The van der Waals surface area contributed by atoms with Gasteiger partial charge in [-0.3, -0.25) is 0 Å². The van der Waals surface area contributed by atoms with Crippen molar-refractivity contribution in [1.29, 1.82) is 0 Å². The van der Waals surface area contributed by atoms with Crippen molar-refractivity contribution in [3.8, 4) is 5.75 Å². The SMILES string of the molecule is FC(F)Oc1c(Cl)cc(NCC2CCCCC2)cc1Cl. The summed E-state index contributed by atoms with van der Waals surface area (Å²) in [4.78, 5) is 0. The van der Waals surface area contributed by atoms with E-state index in [-0.39, 0.29) is 15.8 Å². The Hall–Kier alpha value is -0.740. The lowest BCUT2D eigenvalue weighted by Crippen LogP contribution is -2.17. The molecule has 1 aromatic carbocycles. The summed E-state index contributed by atoms with van der Waals surface area (Å²) in [5, 5.41) is 3.44. The number of nitrogens with one attached hydrogen (secondary N) is 1. The van der Waals surface area contributed by atoms with Gasteiger partial charge in [-0.1, -0.05) is 42.5 Å². The summed E-state index contributed by atoms with van der Waals surface area (Å²) >= 11 is 11.8. The summed E-state index contributed by atoms with van der Waals surface area (Å²) in [6.07, 6.45) is 6.31. The van der Waals surface area contributed by atoms with Gasteiger partial charge in [-0.05, 0) is 30.9 Å². The second-order valence-electron chi connectivity index (χ2n) is 5.03. The van der Waals surface area contributed by atoms with Crippen LogP contribution in [-0.2, 0) is 0 Å². The maximum absolute atomic E-state index is 12.2. The van der Waals surface area contributed by atoms with Crippen LogP contribution in [0, 0.1) is 5.92 Å². The molecular formula is C14H17Cl2F2NO. The summed E-state index contributed by atoms with van der Waals surface area (Å²) in [6.45, 7) is -2.09. The van der Waals surface area contributed by atoms with Gasteiger partial charge >= 0.3 is 6.61 Å². The third-order valence-corrected chi connectivity index (χ3v) is 4.09. The molecule has 1 aromatic rings. The van der Waals surface area contributed by atoms with Gasteiger partial charge < -0.3 is 10.1 Å². The lowest BCUT2D eigenvalue weighted by molar-refractivity contribution is -0.0497. The normalized spacial score (nSPS) is 16.4. The van der Waals surface area contributed by atoms with Crippen LogP contribution in [0.3, 0.4) is 0 Å². The minimum Gasteiger partial charge on any atom is -0.432 e. The Balaban J connectivity index is 1.98. The van der Waals surface area contributed by atoms with Crippen molar-refractivity contribution in [2.24, 2.45) is 5.92 Å². The van der Waals surface area contributed by atoms with Gasteiger partial charge in [-0.2, -0.15) is 8.78 Å². The van der Waals surface area contributed by atoms with Crippen molar-refractivity contribution in [1.82, 2.24) is 0 Å². The van der Waals surface area contributed by atoms with E-state index in [2.05, 4.69) is 10.1 Å². The Morgan fingerprint density at radius 1 is 1.15 bits per heavy atom. The fraction of sp³-hybridized carbons (Fsp3) is 0.571. The van der Waals surface area contributed by atoms with E-state index in [0.717, 1.165) is 12.2 Å². The number of halogens is 4. The second kappa shape index (κ2) is 7.32. The summed E-state index contributed by atoms with van der Waals surface area (Å²) in [5.74, 6) is 0.477. The van der Waals surface area contributed by atoms with Gasteiger partial charge in [-0.25, -0.2) is 0 Å². The molecule has 0 aromatic heterocycles. The van der Waals surface area contributed by atoms with Gasteiger partial charge in [0.2, 0.25) is 0 Å². The quantitative estimate of drug-likeness (QED) is 0.762. The first-order valence-corrected chi connectivity index (χ1v) is 7.49. The average Bonchev–Trinajstić information content (AvgIpc) is 2.41. The molecule has 112 valence electrons. The Morgan fingerprint density at radius 3 is 2.30 bits per heavy atom. The van der Waals surface area contributed by atoms with Gasteiger partial charge in [0.25, 0.3) is 0 Å². The molecule has 0 amide bonds. The molecule has 6 heteroatoms. The Kier molecular flexibility index (Phi) is 5.73. The number of ether oxygens (including phenoxy) is 1. The summed E-state index contributed by atoms with van der Waals surface area (Å²) in [5.41, 5.74) is 0.729. The van der Waals surface area contributed by atoms with Crippen LogP contribution in [0.4, 0.5) is 14.5 Å². The number of hydrogen-bond acceptors (Lipinski definition) is 2. The third-order valence-electron chi connectivity index (χ3n) is 3.52. The molecule has 0 spiro atoms. The Morgan fingerprint density at radius 2 is 1.75 bits per heavy atom. The number of hydrogen-bond donors (Lipinski definition) is 1. The first kappa shape index (κ1) is 15.6. The molecule has 2 nitrogen and oxygen atoms in total. The molecule has 1 saturated carbocycles. The van der Waals surface area contributed by atoms with Gasteiger partial charge in [0.15, 0.2) is 5.75 Å². The smallest absolute Gasteiger partial charge is 0.387 e. The zero-order valence-electron chi connectivity index (χ0n) is 11.0. The molecule has 2 rings (SSSR count). The molecule has 1 aliphatic carbocycles. The lowest BCUT2D eigenvalue weighted by atomic mass is 9.89. The van der Waals surface area contributed by atoms with E-state index in [9.17, 15) is 8.78 Å². The highest BCUT2D eigenvalue weighted by Crippen LogP contribution is 2.37. The van der Waals surface area contributed by atoms with E-state index < -0.39 is 6.61 Å². The van der Waals surface area contributed by atoms with Crippen molar-refractivity contribution < 1.29 is 13.5 Å². The van der Waals surface area contributed by atoms with Gasteiger partial charge in [-0.15, -0.1) is 0 Å². The fourth-order valence-electron chi connectivity index (χ4n) is 2.52. The maximum atomic E-state index is 12.2. The van der Waals surface area contributed by atoms with Crippen molar-refractivity contribution in [2.45, 2.75) is 38.7 Å². The number of benzene rings is 1. The van der Waals surface area contributed by atoms with Crippen LogP contribution in [0.1, 0.15) is 32.1 Å². The predicted octanol–water partition coefficient (Wildman–Crippen LogP) is 5.59. The minimum atomic E-state index is -2.94. The average molecular weight is 324 g/mol. The monoisotopic (exact) mass is 323 g/mol. The fourth-order valence-corrected chi connectivity index (χ4v) is 3.09. The van der Waals surface area contributed by atoms with E-state index in [0.29, 0.717) is 5.92 Å². The maximum Gasteiger partial charge on any atom is 0.387 e. The van der Waals surface area contributed by atoms with Gasteiger partial charge in [0.1, 0.15) is 0 Å². The van der Waals surface area contributed by atoms with Gasteiger partial charge in [0, 0.05) is 12.2 Å². The predicted molar refractivity (Wildman–Crippen MR) is 78.2 cm³/mol. The molecule has 0 heterocycles. The van der Waals surface area contributed by atoms with Crippen LogP contribution in [0.5, 0.6) is 5.75 Å². The summed E-state index contributed by atoms with van der Waals surface area (Å²) in [6, 6.07) is 3.13. The van der Waals surface area contributed by atoms with Crippen LogP contribution in [0.15, 0.2) is 12.1 Å². The lowest BCUT2D eigenvalue weighted by Gasteiger charge is -2.22. The highest BCUT2D eigenvalue weighted by atomic mass is 35.5. The van der Waals surface area contributed by atoms with Crippen LogP contribution in [0.2, 0.25) is 10.0 Å². The molecular weight excluding hydrogens is 307 g/mol. The minimum absolute atomic E-state index is 0.0870. The molecule has 0 atom stereocenters. The standard InChI is InChI=1S/C14H17Cl2F2NO/c15-11-6-10(7-12(16)13(11)20-14(17)18)19-8-9-4-2-1-3-5-9/h6-7,9,14,19H,1-5,8H2. The first-order valence-electron chi connectivity index (χ1n) is 6.74. The van der Waals surface area contributed by atoms with Crippen LogP contribution >= 0.6 is 23.2 Å². The van der Waals surface area contributed by atoms with E-state index in [1.54, 1.807) is 12.1 Å². The molecule has 1 fully saturated rings. The van der Waals surface area contributed by atoms with Gasteiger partial charge in [0.05, 0.1) is 10.0 Å². The zero-order chi connectivity index (χ0) is 14.5. The van der Waals surface area contributed by atoms with Crippen LogP contribution < -0.4 is 10.1 Å². The van der Waals surface area contributed by atoms with Crippen molar-refractivity contribution in [3.63, 3.8) is 0 Å². The number of anilines is 1. The topological polar surface area (TPSA) is 21.3 Å². The molecule has 0 bridgehead atoms. The van der Waals surface area contributed by atoms with Crippen LogP contribution in [-0.4, -0.2) is 13.2 Å². The molecule has 1 aliphatic rings. The highest BCUT2D eigenvalue weighted by Gasteiger charge is 2.16. The number of rotatable bonds is 5. The molecule has 0 saturated heterocycles. The van der Waals surface area contributed by atoms with E-state index in [1.807, 2.05) is 0 Å². The molecule has 0 aliphatic heterocycles. The third kappa shape index (κ3) is 4.38.